The van der Waals surface area contributed by atoms with Crippen molar-refractivity contribution in [2.75, 3.05) is 6.54 Å². The van der Waals surface area contributed by atoms with Crippen molar-refractivity contribution in [3.05, 3.63) is 11.8 Å². The Balaban J connectivity index is 1.61. The lowest BCUT2D eigenvalue weighted by atomic mass is 9.89. The molecule has 4 nitrogen and oxygen atoms in total. The van der Waals surface area contributed by atoms with Crippen molar-refractivity contribution < 1.29 is 4.42 Å². The van der Waals surface area contributed by atoms with Gasteiger partial charge in [0.1, 0.15) is 0 Å². The van der Waals surface area contributed by atoms with Crippen molar-refractivity contribution in [2.45, 2.75) is 83.7 Å². The van der Waals surface area contributed by atoms with Gasteiger partial charge >= 0.3 is 0 Å². The van der Waals surface area contributed by atoms with E-state index in [0.717, 1.165) is 30.3 Å². The van der Waals surface area contributed by atoms with E-state index in [0.29, 0.717) is 0 Å². The SMILES string of the molecule is CC(C)(C)c1nnc(CN(CC2CCCCC2)C2CC2)o1. The summed E-state index contributed by atoms with van der Waals surface area (Å²) in [6.07, 6.45) is 9.74. The lowest BCUT2D eigenvalue weighted by Crippen LogP contribution is -2.32. The van der Waals surface area contributed by atoms with E-state index in [4.69, 9.17) is 4.42 Å². The minimum absolute atomic E-state index is 0.0565. The molecule has 0 aromatic carbocycles. The quantitative estimate of drug-likeness (QED) is 0.825. The topological polar surface area (TPSA) is 42.2 Å². The summed E-state index contributed by atoms with van der Waals surface area (Å²) in [6, 6.07) is 0.761. The van der Waals surface area contributed by atoms with Gasteiger partial charge in [0.2, 0.25) is 11.8 Å². The Kier molecular flexibility index (Phi) is 4.34. The molecule has 0 aliphatic heterocycles. The molecule has 118 valence electrons. The maximum absolute atomic E-state index is 5.88. The number of rotatable bonds is 5. The molecule has 0 radical (unpaired) electrons. The molecule has 0 spiro atoms. The number of aromatic nitrogens is 2. The summed E-state index contributed by atoms with van der Waals surface area (Å²) in [4.78, 5) is 2.59. The molecule has 1 heterocycles. The van der Waals surface area contributed by atoms with E-state index in [1.54, 1.807) is 0 Å². The second kappa shape index (κ2) is 6.07. The molecule has 0 amide bonds. The Morgan fingerprint density at radius 2 is 1.76 bits per heavy atom. The van der Waals surface area contributed by atoms with E-state index >= 15 is 0 Å². The summed E-state index contributed by atoms with van der Waals surface area (Å²) in [5, 5.41) is 8.49. The molecule has 0 atom stereocenters. The molecule has 0 unspecified atom stereocenters. The lowest BCUT2D eigenvalue weighted by Gasteiger charge is -2.28. The largest absolute Gasteiger partial charge is 0.423 e. The van der Waals surface area contributed by atoms with Crippen molar-refractivity contribution in [3.63, 3.8) is 0 Å². The van der Waals surface area contributed by atoms with Crippen LogP contribution in [-0.2, 0) is 12.0 Å². The molecule has 2 fully saturated rings. The zero-order valence-corrected chi connectivity index (χ0v) is 13.8. The summed E-state index contributed by atoms with van der Waals surface area (Å²) >= 11 is 0. The van der Waals surface area contributed by atoms with Gasteiger partial charge in [-0.1, -0.05) is 40.0 Å². The monoisotopic (exact) mass is 291 g/mol. The van der Waals surface area contributed by atoms with Crippen molar-refractivity contribution in [3.8, 4) is 0 Å². The molecular formula is C17H29N3O. The molecule has 1 aromatic rings. The standard InChI is InChI=1S/C17H29N3O/c1-17(2,3)16-19-18-15(21-16)12-20(14-9-10-14)11-13-7-5-4-6-8-13/h13-14H,4-12H2,1-3H3. The van der Waals surface area contributed by atoms with Gasteiger partial charge in [0.15, 0.2) is 0 Å². The van der Waals surface area contributed by atoms with Gasteiger partial charge in [-0.25, -0.2) is 0 Å². The van der Waals surface area contributed by atoms with Gasteiger partial charge in [-0.15, -0.1) is 10.2 Å². The molecular weight excluding hydrogens is 262 g/mol. The first kappa shape index (κ1) is 15.0. The second-order valence-corrected chi connectivity index (χ2v) is 7.92. The van der Waals surface area contributed by atoms with Crippen LogP contribution < -0.4 is 0 Å². The van der Waals surface area contributed by atoms with E-state index in [2.05, 4.69) is 35.9 Å². The average molecular weight is 291 g/mol. The molecule has 2 aliphatic carbocycles. The smallest absolute Gasteiger partial charge is 0.230 e. The van der Waals surface area contributed by atoms with Crippen LogP contribution in [0.2, 0.25) is 0 Å². The van der Waals surface area contributed by atoms with Gasteiger partial charge in [-0.05, 0) is 31.6 Å². The van der Waals surface area contributed by atoms with Crippen molar-refractivity contribution in [2.24, 2.45) is 5.92 Å². The van der Waals surface area contributed by atoms with Gasteiger partial charge in [0.25, 0.3) is 0 Å². The lowest BCUT2D eigenvalue weighted by molar-refractivity contribution is 0.169. The zero-order valence-electron chi connectivity index (χ0n) is 13.8. The number of nitrogens with zero attached hydrogens (tertiary/aromatic N) is 3. The fourth-order valence-corrected chi connectivity index (χ4v) is 3.28. The van der Waals surface area contributed by atoms with Crippen LogP contribution in [0.4, 0.5) is 0 Å². The third-order valence-corrected chi connectivity index (χ3v) is 4.73. The van der Waals surface area contributed by atoms with Gasteiger partial charge in [0.05, 0.1) is 6.54 Å². The van der Waals surface area contributed by atoms with E-state index < -0.39 is 0 Å². The van der Waals surface area contributed by atoms with Crippen LogP contribution in [0.5, 0.6) is 0 Å². The minimum Gasteiger partial charge on any atom is -0.423 e. The molecule has 0 bridgehead atoms. The van der Waals surface area contributed by atoms with Crippen LogP contribution in [0.25, 0.3) is 0 Å². The van der Waals surface area contributed by atoms with Crippen molar-refractivity contribution >= 4 is 0 Å². The number of hydrogen-bond acceptors (Lipinski definition) is 4. The normalized spacial score (nSPS) is 21.1. The first-order chi connectivity index (χ1) is 10.0. The summed E-state index contributed by atoms with van der Waals surface area (Å²) in [6.45, 7) is 8.41. The summed E-state index contributed by atoms with van der Waals surface area (Å²) in [5.41, 5.74) is -0.0565. The van der Waals surface area contributed by atoms with Crippen molar-refractivity contribution in [1.29, 1.82) is 0 Å². The molecule has 0 saturated heterocycles. The predicted molar refractivity (Wildman–Crippen MR) is 83.0 cm³/mol. The first-order valence-corrected chi connectivity index (χ1v) is 8.59. The van der Waals surface area contributed by atoms with Gasteiger partial charge in [-0.3, -0.25) is 4.90 Å². The molecule has 1 aromatic heterocycles. The third-order valence-electron chi connectivity index (χ3n) is 4.73. The van der Waals surface area contributed by atoms with Gasteiger partial charge in [0, 0.05) is 18.0 Å². The van der Waals surface area contributed by atoms with E-state index in [1.165, 1.54) is 51.5 Å². The maximum Gasteiger partial charge on any atom is 0.230 e. The highest BCUT2D eigenvalue weighted by molar-refractivity contribution is 4.97. The Morgan fingerprint density at radius 1 is 1.05 bits per heavy atom. The zero-order chi connectivity index (χ0) is 14.9. The predicted octanol–water partition coefficient (Wildman–Crippen LogP) is 3.91. The van der Waals surface area contributed by atoms with Crippen LogP contribution in [0, 0.1) is 5.92 Å². The van der Waals surface area contributed by atoms with Crippen LogP contribution in [0.1, 0.15) is 77.5 Å². The Morgan fingerprint density at radius 3 is 2.33 bits per heavy atom. The van der Waals surface area contributed by atoms with E-state index in [-0.39, 0.29) is 5.41 Å². The van der Waals surface area contributed by atoms with Crippen LogP contribution >= 0.6 is 0 Å². The first-order valence-electron chi connectivity index (χ1n) is 8.59. The second-order valence-electron chi connectivity index (χ2n) is 7.92. The van der Waals surface area contributed by atoms with E-state index in [1.807, 2.05) is 0 Å². The molecule has 0 N–H and O–H groups in total. The highest BCUT2D eigenvalue weighted by Gasteiger charge is 2.32. The highest BCUT2D eigenvalue weighted by Crippen LogP contribution is 2.32. The molecule has 21 heavy (non-hydrogen) atoms. The van der Waals surface area contributed by atoms with Crippen LogP contribution in [0.15, 0.2) is 4.42 Å². The molecule has 3 rings (SSSR count). The fraction of sp³-hybridized carbons (Fsp3) is 0.882. The van der Waals surface area contributed by atoms with E-state index in [9.17, 15) is 0 Å². The van der Waals surface area contributed by atoms with Crippen LogP contribution in [-0.4, -0.2) is 27.7 Å². The van der Waals surface area contributed by atoms with Crippen LogP contribution in [0.3, 0.4) is 0 Å². The molecule has 2 saturated carbocycles. The highest BCUT2D eigenvalue weighted by atomic mass is 16.4. The fourth-order valence-electron chi connectivity index (χ4n) is 3.28. The molecule has 4 heteroatoms. The van der Waals surface area contributed by atoms with Crippen molar-refractivity contribution in [1.82, 2.24) is 15.1 Å². The molecule has 2 aliphatic rings. The maximum atomic E-state index is 5.88. The Hall–Kier alpha value is -0.900. The van der Waals surface area contributed by atoms with Gasteiger partial charge < -0.3 is 4.42 Å². The summed E-state index contributed by atoms with van der Waals surface area (Å²) in [7, 11) is 0. The number of hydrogen-bond donors (Lipinski definition) is 0. The Bertz CT molecular complexity index is 453. The summed E-state index contributed by atoms with van der Waals surface area (Å²) in [5.74, 6) is 2.43. The third kappa shape index (κ3) is 4.06. The van der Waals surface area contributed by atoms with Gasteiger partial charge in [-0.2, -0.15) is 0 Å². The minimum atomic E-state index is -0.0565. The Labute approximate surface area is 128 Å². The summed E-state index contributed by atoms with van der Waals surface area (Å²) < 4.78 is 5.88. The average Bonchev–Trinajstić information content (AvgIpc) is 3.17.